The molecule has 13 heavy (non-hydrogen) atoms. The first kappa shape index (κ1) is 9.33. The molecule has 0 bridgehead atoms. The van der Waals surface area contributed by atoms with Crippen LogP contribution in [0.2, 0.25) is 0 Å². The van der Waals surface area contributed by atoms with E-state index in [-0.39, 0.29) is 5.84 Å². The van der Waals surface area contributed by atoms with Crippen LogP contribution in [0.25, 0.3) is 0 Å². The van der Waals surface area contributed by atoms with Crippen LogP contribution in [0.1, 0.15) is 5.56 Å². The quantitative estimate of drug-likeness (QED) is 0.247. The van der Waals surface area contributed by atoms with Gasteiger partial charge in [0, 0.05) is 10.9 Å². The van der Waals surface area contributed by atoms with Crippen molar-refractivity contribution in [3.8, 4) is 0 Å². The second-order valence-electron chi connectivity index (χ2n) is 2.12. The summed E-state index contributed by atoms with van der Waals surface area (Å²) >= 11 is 1.16. The summed E-state index contributed by atoms with van der Waals surface area (Å²) in [5.41, 5.74) is 5.75. The third-order valence-electron chi connectivity index (χ3n) is 1.23. The maximum absolute atomic E-state index is 10.2. The number of anilines is 1. The average molecular weight is 201 g/mol. The Morgan fingerprint density at radius 2 is 2.38 bits per heavy atom. The molecule has 7 heteroatoms. The van der Waals surface area contributed by atoms with Gasteiger partial charge in [0.1, 0.15) is 0 Å². The minimum absolute atomic E-state index is 0.0466. The third-order valence-corrected chi connectivity index (χ3v) is 2.08. The van der Waals surface area contributed by atoms with Gasteiger partial charge >= 0.3 is 6.09 Å². The highest BCUT2D eigenvalue weighted by Gasteiger charge is 2.05. The smallest absolute Gasteiger partial charge is 0.409 e. The Hall–Kier alpha value is -1.76. The Kier molecular flexibility index (Phi) is 2.70. The molecular formula is C6H7N3O3S. The fraction of sp³-hybridized carbons (Fsp3) is 0. The molecule has 1 rings (SSSR count). The molecule has 0 radical (unpaired) electrons. The molecule has 1 aromatic rings. The van der Waals surface area contributed by atoms with Crippen LogP contribution in [0.4, 0.5) is 9.80 Å². The molecule has 0 atom stereocenters. The van der Waals surface area contributed by atoms with E-state index >= 15 is 0 Å². The van der Waals surface area contributed by atoms with Crippen molar-refractivity contribution in [1.29, 1.82) is 0 Å². The number of hydrogen-bond donors (Lipinski definition) is 4. The number of thiophene rings is 1. The van der Waals surface area contributed by atoms with Gasteiger partial charge in [0.2, 0.25) is 0 Å². The van der Waals surface area contributed by atoms with Gasteiger partial charge in [-0.2, -0.15) is 0 Å². The van der Waals surface area contributed by atoms with Crippen LogP contribution in [-0.4, -0.2) is 22.2 Å². The number of nitrogens with zero attached hydrogens (tertiary/aromatic N) is 1. The second kappa shape index (κ2) is 3.76. The van der Waals surface area contributed by atoms with Crippen molar-refractivity contribution in [2.45, 2.75) is 0 Å². The summed E-state index contributed by atoms with van der Waals surface area (Å²) in [6, 6.07) is 1.48. The molecule has 1 amide bonds. The highest BCUT2D eigenvalue weighted by molar-refractivity contribution is 7.14. The minimum Gasteiger partial charge on any atom is -0.465 e. The van der Waals surface area contributed by atoms with E-state index in [4.69, 9.17) is 16.0 Å². The van der Waals surface area contributed by atoms with Gasteiger partial charge in [-0.05, 0) is 6.07 Å². The van der Waals surface area contributed by atoms with Crippen LogP contribution in [0.3, 0.4) is 0 Å². The van der Waals surface area contributed by atoms with Crippen molar-refractivity contribution in [2.24, 2.45) is 10.9 Å². The van der Waals surface area contributed by atoms with Gasteiger partial charge in [-0.1, -0.05) is 5.16 Å². The largest absolute Gasteiger partial charge is 0.465 e. The number of nitrogens with two attached hydrogens (primary N) is 1. The molecule has 0 unspecified atom stereocenters. The van der Waals surface area contributed by atoms with Crippen molar-refractivity contribution in [2.75, 3.05) is 5.32 Å². The minimum atomic E-state index is -1.15. The predicted octanol–water partition coefficient (Wildman–Crippen LogP) is 0.932. The monoisotopic (exact) mass is 201 g/mol. The molecular weight excluding hydrogens is 194 g/mol. The van der Waals surface area contributed by atoms with Gasteiger partial charge in [-0.3, -0.25) is 5.32 Å². The number of amidine groups is 1. The van der Waals surface area contributed by atoms with Gasteiger partial charge in [0.25, 0.3) is 0 Å². The summed E-state index contributed by atoms with van der Waals surface area (Å²) in [5, 5.41) is 23.6. The summed E-state index contributed by atoms with van der Waals surface area (Å²) < 4.78 is 0. The van der Waals surface area contributed by atoms with E-state index in [2.05, 4.69) is 10.5 Å². The van der Waals surface area contributed by atoms with E-state index in [9.17, 15) is 4.79 Å². The highest BCUT2D eigenvalue weighted by Crippen LogP contribution is 2.19. The molecule has 0 aliphatic rings. The molecule has 0 fully saturated rings. The lowest BCUT2D eigenvalue weighted by molar-refractivity contribution is 0.210. The molecule has 5 N–H and O–H groups in total. The fourth-order valence-electron chi connectivity index (χ4n) is 0.699. The van der Waals surface area contributed by atoms with Gasteiger partial charge in [-0.25, -0.2) is 4.79 Å². The molecule has 0 spiro atoms. The van der Waals surface area contributed by atoms with Crippen LogP contribution >= 0.6 is 11.3 Å². The molecule has 0 saturated heterocycles. The van der Waals surface area contributed by atoms with E-state index in [0.717, 1.165) is 11.3 Å². The maximum Gasteiger partial charge on any atom is 0.409 e. The summed E-state index contributed by atoms with van der Waals surface area (Å²) in [5.74, 6) is -0.0466. The van der Waals surface area contributed by atoms with E-state index in [1.54, 1.807) is 5.38 Å². The molecule has 1 aromatic heterocycles. The first-order valence-electron chi connectivity index (χ1n) is 3.20. The number of nitrogens with one attached hydrogen (secondary N) is 1. The number of rotatable bonds is 2. The van der Waals surface area contributed by atoms with Crippen LogP contribution < -0.4 is 11.1 Å². The summed E-state index contributed by atoms with van der Waals surface area (Å²) in [7, 11) is 0. The number of carboxylic acid groups (broad SMARTS) is 1. The Balaban J connectivity index is 2.80. The first-order valence-corrected chi connectivity index (χ1v) is 4.08. The highest BCUT2D eigenvalue weighted by atomic mass is 32.1. The Labute approximate surface area is 77.3 Å². The van der Waals surface area contributed by atoms with Crippen LogP contribution in [0.5, 0.6) is 0 Å². The van der Waals surface area contributed by atoms with Crippen molar-refractivity contribution in [1.82, 2.24) is 0 Å². The Morgan fingerprint density at radius 3 is 2.92 bits per heavy atom. The van der Waals surface area contributed by atoms with Crippen LogP contribution in [0, 0.1) is 0 Å². The standard InChI is InChI=1S/C6H7N3O3S/c7-5(9-12)3-1-4(13-2-3)8-6(10)11/h1-2,8,12H,(H2,7,9)(H,10,11). The lowest BCUT2D eigenvalue weighted by Crippen LogP contribution is -2.11. The predicted molar refractivity (Wildman–Crippen MR) is 48.5 cm³/mol. The summed E-state index contributed by atoms with van der Waals surface area (Å²) in [6.45, 7) is 0. The average Bonchev–Trinajstić information content (AvgIpc) is 2.50. The normalized spacial score (nSPS) is 11.2. The summed E-state index contributed by atoms with van der Waals surface area (Å²) in [4.78, 5) is 10.2. The van der Waals surface area contributed by atoms with E-state index < -0.39 is 6.09 Å². The Morgan fingerprint density at radius 1 is 1.69 bits per heavy atom. The number of oxime groups is 1. The lowest BCUT2D eigenvalue weighted by atomic mass is 10.3. The van der Waals surface area contributed by atoms with Gasteiger partial charge < -0.3 is 16.0 Å². The third kappa shape index (κ3) is 2.34. The zero-order valence-electron chi connectivity index (χ0n) is 6.39. The van der Waals surface area contributed by atoms with Gasteiger partial charge in [0.15, 0.2) is 5.84 Å². The maximum atomic E-state index is 10.2. The van der Waals surface area contributed by atoms with Crippen molar-refractivity contribution in [3.63, 3.8) is 0 Å². The van der Waals surface area contributed by atoms with E-state index in [0.29, 0.717) is 10.6 Å². The van der Waals surface area contributed by atoms with E-state index in [1.165, 1.54) is 6.07 Å². The number of amides is 1. The van der Waals surface area contributed by atoms with Gasteiger partial charge in [0.05, 0.1) is 5.00 Å². The number of hydrogen-bond acceptors (Lipinski definition) is 4. The van der Waals surface area contributed by atoms with Crippen molar-refractivity contribution in [3.05, 3.63) is 17.0 Å². The van der Waals surface area contributed by atoms with Crippen LogP contribution in [-0.2, 0) is 0 Å². The molecule has 0 aliphatic heterocycles. The van der Waals surface area contributed by atoms with Crippen molar-refractivity contribution < 1.29 is 15.1 Å². The van der Waals surface area contributed by atoms with E-state index in [1.807, 2.05) is 0 Å². The molecule has 0 aliphatic carbocycles. The molecule has 70 valence electrons. The molecule has 6 nitrogen and oxygen atoms in total. The SMILES string of the molecule is NC(=NO)c1csc(NC(=O)O)c1. The molecule has 0 saturated carbocycles. The first-order chi connectivity index (χ1) is 6.13. The zero-order chi connectivity index (χ0) is 9.84. The summed E-state index contributed by atoms with van der Waals surface area (Å²) in [6.07, 6.45) is -1.15. The Bertz CT molecular complexity index is 347. The number of carbonyl (C=O) groups is 1. The van der Waals surface area contributed by atoms with Gasteiger partial charge in [-0.15, -0.1) is 11.3 Å². The zero-order valence-corrected chi connectivity index (χ0v) is 7.21. The lowest BCUT2D eigenvalue weighted by Gasteiger charge is -1.92. The molecule has 0 aromatic carbocycles. The topological polar surface area (TPSA) is 108 Å². The fourth-order valence-corrected chi connectivity index (χ4v) is 1.48. The second-order valence-corrected chi connectivity index (χ2v) is 3.03. The molecule has 1 heterocycles. The van der Waals surface area contributed by atoms with Crippen molar-refractivity contribution >= 4 is 28.3 Å². The van der Waals surface area contributed by atoms with Crippen LogP contribution in [0.15, 0.2) is 16.6 Å².